The van der Waals surface area contributed by atoms with E-state index in [9.17, 15) is 4.79 Å². The number of carboxylic acids is 1. The van der Waals surface area contributed by atoms with Crippen LogP contribution in [0.5, 0.6) is 5.75 Å². The Labute approximate surface area is 113 Å². The molecule has 0 amide bonds. The van der Waals surface area contributed by atoms with E-state index in [1.807, 2.05) is 0 Å². The Kier molecular flexibility index (Phi) is 4.43. The molecule has 0 fully saturated rings. The molecule has 3 N–H and O–H groups in total. The Balaban J connectivity index is 2.05. The van der Waals surface area contributed by atoms with E-state index in [0.29, 0.717) is 6.42 Å². The second-order valence-electron chi connectivity index (χ2n) is 5.16. The number of nitrogens with two attached hydrogens (primary N) is 1. The van der Waals surface area contributed by atoms with Crippen LogP contribution in [0.1, 0.15) is 36.0 Å². The van der Waals surface area contributed by atoms with Crippen molar-refractivity contribution in [3.05, 3.63) is 28.8 Å². The lowest BCUT2D eigenvalue weighted by Gasteiger charge is -2.13. The van der Waals surface area contributed by atoms with Gasteiger partial charge in [-0.2, -0.15) is 0 Å². The standard InChI is InChI=1S/C15H21NO3/c1-19-15-10(4-2-3-5-14(17)18)6-7-11-8-12(16)9-13(11)15/h6-7,12H,2-5,8-9,16H2,1H3,(H,17,18). The fourth-order valence-electron chi connectivity index (χ4n) is 2.79. The first-order valence-corrected chi connectivity index (χ1v) is 6.76. The van der Waals surface area contributed by atoms with E-state index in [2.05, 4.69) is 12.1 Å². The van der Waals surface area contributed by atoms with Crippen LogP contribution < -0.4 is 10.5 Å². The number of aliphatic carboxylic acids is 1. The summed E-state index contributed by atoms with van der Waals surface area (Å²) in [4.78, 5) is 10.5. The molecule has 0 aliphatic heterocycles. The lowest BCUT2D eigenvalue weighted by atomic mass is 10.00. The van der Waals surface area contributed by atoms with Crippen LogP contribution in [0.4, 0.5) is 0 Å². The molecule has 1 aliphatic carbocycles. The summed E-state index contributed by atoms with van der Waals surface area (Å²) in [7, 11) is 1.69. The second-order valence-corrected chi connectivity index (χ2v) is 5.16. The van der Waals surface area contributed by atoms with Crippen molar-refractivity contribution in [1.82, 2.24) is 0 Å². The summed E-state index contributed by atoms with van der Waals surface area (Å²) < 4.78 is 5.54. The van der Waals surface area contributed by atoms with E-state index in [1.165, 1.54) is 16.7 Å². The smallest absolute Gasteiger partial charge is 0.303 e. The monoisotopic (exact) mass is 263 g/mol. The molecule has 0 saturated carbocycles. The first kappa shape index (κ1) is 13.9. The minimum absolute atomic E-state index is 0.200. The molecule has 1 unspecified atom stereocenters. The minimum Gasteiger partial charge on any atom is -0.496 e. The third-order valence-electron chi connectivity index (χ3n) is 3.68. The minimum atomic E-state index is -0.730. The average Bonchev–Trinajstić information content (AvgIpc) is 2.74. The van der Waals surface area contributed by atoms with Crippen molar-refractivity contribution >= 4 is 5.97 Å². The predicted octanol–water partition coefficient (Wildman–Crippen LogP) is 1.92. The number of aryl methyl sites for hydroxylation is 1. The number of benzene rings is 1. The summed E-state index contributed by atoms with van der Waals surface area (Å²) in [5, 5.41) is 8.63. The van der Waals surface area contributed by atoms with Gasteiger partial charge in [0.15, 0.2) is 0 Å². The first-order valence-electron chi connectivity index (χ1n) is 6.76. The molecule has 0 bridgehead atoms. The number of methoxy groups -OCH3 is 1. The zero-order valence-electron chi connectivity index (χ0n) is 11.3. The maximum atomic E-state index is 10.5. The highest BCUT2D eigenvalue weighted by Crippen LogP contribution is 2.34. The van der Waals surface area contributed by atoms with Gasteiger partial charge in [0, 0.05) is 12.5 Å². The van der Waals surface area contributed by atoms with E-state index >= 15 is 0 Å². The van der Waals surface area contributed by atoms with Crippen LogP contribution >= 0.6 is 0 Å². The molecule has 4 heteroatoms. The Morgan fingerprint density at radius 3 is 2.89 bits per heavy atom. The first-order chi connectivity index (χ1) is 9.11. The van der Waals surface area contributed by atoms with Crippen LogP contribution in [0, 0.1) is 0 Å². The SMILES string of the molecule is COc1c(CCCCC(=O)O)ccc2c1CC(N)C2. The zero-order valence-corrected chi connectivity index (χ0v) is 11.3. The Bertz CT molecular complexity index is 471. The molecule has 1 aliphatic rings. The summed E-state index contributed by atoms with van der Waals surface area (Å²) in [6, 6.07) is 4.43. The molecule has 1 atom stereocenters. The molecule has 2 rings (SSSR count). The van der Waals surface area contributed by atoms with Gasteiger partial charge in [0.25, 0.3) is 0 Å². The Hall–Kier alpha value is -1.55. The van der Waals surface area contributed by atoms with E-state index in [1.54, 1.807) is 7.11 Å². The molecule has 0 saturated heterocycles. The molecule has 4 nitrogen and oxygen atoms in total. The van der Waals surface area contributed by atoms with E-state index in [4.69, 9.17) is 15.6 Å². The molecular weight excluding hydrogens is 242 g/mol. The second kappa shape index (κ2) is 6.06. The molecule has 104 valence electrons. The summed E-state index contributed by atoms with van der Waals surface area (Å²) in [5.74, 6) is 0.229. The highest BCUT2D eigenvalue weighted by atomic mass is 16.5. The molecule has 1 aromatic rings. The van der Waals surface area contributed by atoms with Gasteiger partial charge in [-0.3, -0.25) is 4.79 Å². The average molecular weight is 263 g/mol. The Morgan fingerprint density at radius 1 is 1.42 bits per heavy atom. The third-order valence-corrected chi connectivity index (χ3v) is 3.68. The molecule has 0 heterocycles. The van der Waals surface area contributed by atoms with Gasteiger partial charge in [-0.25, -0.2) is 0 Å². The van der Waals surface area contributed by atoms with Crippen molar-refractivity contribution in [3.63, 3.8) is 0 Å². The maximum Gasteiger partial charge on any atom is 0.303 e. The van der Waals surface area contributed by atoms with Gasteiger partial charge >= 0.3 is 5.97 Å². The number of hydrogen-bond donors (Lipinski definition) is 2. The van der Waals surface area contributed by atoms with Gasteiger partial charge in [0.05, 0.1) is 7.11 Å². The van der Waals surface area contributed by atoms with E-state index in [-0.39, 0.29) is 12.5 Å². The fourth-order valence-corrected chi connectivity index (χ4v) is 2.79. The molecule has 19 heavy (non-hydrogen) atoms. The molecule has 1 aromatic carbocycles. The highest BCUT2D eigenvalue weighted by molar-refractivity contribution is 5.66. The number of hydrogen-bond acceptors (Lipinski definition) is 3. The number of rotatable bonds is 6. The van der Waals surface area contributed by atoms with Crippen LogP contribution in [0.3, 0.4) is 0 Å². The summed E-state index contributed by atoms with van der Waals surface area (Å²) >= 11 is 0. The van der Waals surface area contributed by atoms with Crippen LogP contribution in [0.15, 0.2) is 12.1 Å². The molecular formula is C15H21NO3. The van der Waals surface area contributed by atoms with Crippen LogP contribution in [0.25, 0.3) is 0 Å². The van der Waals surface area contributed by atoms with Gasteiger partial charge in [-0.15, -0.1) is 0 Å². The number of fused-ring (bicyclic) bond motifs is 1. The van der Waals surface area contributed by atoms with Crippen molar-refractivity contribution < 1.29 is 14.6 Å². The van der Waals surface area contributed by atoms with Crippen molar-refractivity contribution in [3.8, 4) is 5.75 Å². The van der Waals surface area contributed by atoms with Crippen molar-refractivity contribution in [2.75, 3.05) is 7.11 Å². The number of carbonyl (C=O) groups is 1. The van der Waals surface area contributed by atoms with Gasteiger partial charge < -0.3 is 15.6 Å². The normalized spacial score (nSPS) is 17.3. The number of unbranched alkanes of at least 4 members (excludes halogenated alkanes) is 1. The zero-order chi connectivity index (χ0) is 13.8. The topological polar surface area (TPSA) is 72.5 Å². The van der Waals surface area contributed by atoms with E-state index in [0.717, 1.165) is 31.4 Å². The fraction of sp³-hybridized carbons (Fsp3) is 0.533. The molecule has 0 aromatic heterocycles. The number of ether oxygens (including phenoxy) is 1. The predicted molar refractivity (Wildman–Crippen MR) is 73.6 cm³/mol. The van der Waals surface area contributed by atoms with Crippen molar-refractivity contribution in [2.24, 2.45) is 5.73 Å². The van der Waals surface area contributed by atoms with Gasteiger partial charge in [-0.1, -0.05) is 12.1 Å². The maximum absolute atomic E-state index is 10.5. The van der Waals surface area contributed by atoms with Crippen molar-refractivity contribution in [1.29, 1.82) is 0 Å². The lowest BCUT2D eigenvalue weighted by Crippen LogP contribution is -2.19. The van der Waals surface area contributed by atoms with Gasteiger partial charge in [0.1, 0.15) is 5.75 Å². The quantitative estimate of drug-likeness (QED) is 0.769. The van der Waals surface area contributed by atoms with E-state index < -0.39 is 5.97 Å². The van der Waals surface area contributed by atoms with Gasteiger partial charge in [0.2, 0.25) is 0 Å². The largest absolute Gasteiger partial charge is 0.496 e. The summed E-state index contributed by atoms with van der Waals surface area (Å²) in [6.07, 6.45) is 4.46. The summed E-state index contributed by atoms with van der Waals surface area (Å²) in [5.41, 5.74) is 9.69. The lowest BCUT2D eigenvalue weighted by molar-refractivity contribution is -0.137. The van der Waals surface area contributed by atoms with Crippen LogP contribution in [-0.2, 0) is 24.1 Å². The van der Waals surface area contributed by atoms with Crippen LogP contribution in [-0.4, -0.2) is 24.2 Å². The highest BCUT2D eigenvalue weighted by Gasteiger charge is 2.23. The van der Waals surface area contributed by atoms with Crippen LogP contribution in [0.2, 0.25) is 0 Å². The Morgan fingerprint density at radius 2 is 2.21 bits per heavy atom. The van der Waals surface area contributed by atoms with Gasteiger partial charge in [-0.05, 0) is 48.8 Å². The third kappa shape index (κ3) is 3.26. The molecule has 0 radical (unpaired) electrons. The summed E-state index contributed by atoms with van der Waals surface area (Å²) in [6.45, 7) is 0. The number of carboxylic acid groups (broad SMARTS) is 1. The van der Waals surface area contributed by atoms with Crippen molar-refractivity contribution in [2.45, 2.75) is 44.6 Å². The molecule has 0 spiro atoms.